The largest absolute Gasteiger partial charge is 0.295 e. The van der Waals surface area contributed by atoms with E-state index >= 15 is 0 Å². The third kappa shape index (κ3) is 2.02. The van der Waals surface area contributed by atoms with Gasteiger partial charge in [-0.2, -0.15) is 17.7 Å². The van der Waals surface area contributed by atoms with Gasteiger partial charge in [-0.1, -0.05) is 6.92 Å². The fourth-order valence-electron chi connectivity index (χ4n) is 1.79. The molecule has 1 N–H and O–H groups in total. The minimum atomic E-state index is 0.156. The minimum Gasteiger partial charge on any atom is -0.295 e. The van der Waals surface area contributed by atoms with Crippen molar-refractivity contribution >= 4 is 24.4 Å². The number of aromatic nitrogens is 2. The van der Waals surface area contributed by atoms with Gasteiger partial charge < -0.3 is 0 Å². The summed E-state index contributed by atoms with van der Waals surface area (Å²) in [6, 6.07) is 1.94. The Balaban J connectivity index is 2.14. The quantitative estimate of drug-likeness (QED) is 0.761. The molecule has 2 heterocycles. The number of thiol groups is 1. The molecule has 1 amide bonds. The number of anilines is 1. The van der Waals surface area contributed by atoms with Crippen molar-refractivity contribution in [3.8, 4) is 0 Å². The van der Waals surface area contributed by atoms with Crippen LogP contribution in [0.15, 0.2) is 6.07 Å². The Labute approximate surface area is 94.5 Å². The molecule has 0 radical (unpaired) electrons. The van der Waals surface area contributed by atoms with Gasteiger partial charge in [-0.25, -0.2) is 0 Å². The molecule has 1 aliphatic rings. The van der Waals surface area contributed by atoms with Crippen molar-refractivity contribution in [1.82, 2.24) is 10.2 Å². The number of rotatable bonds is 3. The lowest BCUT2D eigenvalue weighted by atomic mass is 10.1. The molecule has 0 spiro atoms. The monoisotopic (exact) mass is 225 g/mol. The van der Waals surface area contributed by atoms with Crippen LogP contribution in [-0.4, -0.2) is 28.4 Å². The molecular formula is C10H15N3OS. The maximum atomic E-state index is 11.7. The number of aryl methyl sites for hydroxylation is 1. The first-order chi connectivity index (χ1) is 7.24. The number of nitrogens with zero attached hydrogens (tertiary/aromatic N) is 2. The molecule has 1 fully saturated rings. The lowest BCUT2D eigenvalue weighted by Gasteiger charge is -2.11. The standard InChI is InChI=1S/C10H15N3OS/c1-2-8-4-9(12-11-8)13-5-7(6-15)3-10(13)14/h4,7,15H,2-3,5-6H2,1H3,(H,11,12). The van der Waals surface area contributed by atoms with Crippen LogP contribution < -0.4 is 4.90 Å². The summed E-state index contributed by atoms with van der Waals surface area (Å²) >= 11 is 4.23. The van der Waals surface area contributed by atoms with E-state index < -0.39 is 0 Å². The Morgan fingerprint density at radius 3 is 3.07 bits per heavy atom. The second-order valence-corrected chi connectivity index (χ2v) is 4.23. The molecule has 1 aliphatic heterocycles. The van der Waals surface area contributed by atoms with Gasteiger partial charge in [0, 0.05) is 24.7 Å². The van der Waals surface area contributed by atoms with Gasteiger partial charge in [0.25, 0.3) is 0 Å². The zero-order valence-electron chi connectivity index (χ0n) is 8.73. The number of carbonyl (C=O) groups excluding carboxylic acids is 1. The van der Waals surface area contributed by atoms with Crippen LogP contribution in [0.1, 0.15) is 19.0 Å². The molecule has 1 atom stereocenters. The Kier molecular flexibility index (Phi) is 3.00. The van der Waals surface area contributed by atoms with E-state index in [9.17, 15) is 4.79 Å². The molecule has 0 saturated carbocycles. The van der Waals surface area contributed by atoms with Crippen LogP contribution in [0.2, 0.25) is 0 Å². The van der Waals surface area contributed by atoms with Crippen molar-refractivity contribution in [2.45, 2.75) is 19.8 Å². The molecule has 1 saturated heterocycles. The number of carbonyl (C=O) groups is 1. The van der Waals surface area contributed by atoms with E-state index in [2.05, 4.69) is 29.7 Å². The Morgan fingerprint density at radius 2 is 2.53 bits per heavy atom. The summed E-state index contributed by atoms with van der Waals surface area (Å²) in [5.74, 6) is 2.03. The van der Waals surface area contributed by atoms with Crippen molar-refractivity contribution in [2.24, 2.45) is 5.92 Å². The van der Waals surface area contributed by atoms with Crippen molar-refractivity contribution in [3.05, 3.63) is 11.8 Å². The van der Waals surface area contributed by atoms with Gasteiger partial charge in [0.2, 0.25) is 5.91 Å². The Bertz CT molecular complexity index is 363. The smallest absolute Gasteiger partial charge is 0.228 e. The third-order valence-corrected chi connectivity index (χ3v) is 3.25. The van der Waals surface area contributed by atoms with Crippen LogP contribution in [0.25, 0.3) is 0 Å². The number of nitrogens with one attached hydrogen (secondary N) is 1. The first-order valence-electron chi connectivity index (χ1n) is 5.20. The zero-order valence-corrected chi connectivity index (χ0v) is 9.63. The fraction of sp³-hybridized carbons (Fsp3) is 0.600. The molecule has 0 bridgehead atoms. The lowest BCUT2D eigenvalue weighted by molar-refractivity contribution is -0.117. The predicted molar refractivity (Wildman–Crippen MR) is 62.3 cm³/mol. The highest BCUT2D eigenvalue weighted by Crippen LogP contribution is 2.24. The fourth-order valence-corrected chi connectivity index (χ4v) is 2.04. The maximum absolute atomic E-state index is 11.7. The van der Waals surface area contributed by atoms with E-state index in [1.54, 1.807) is 4.90 Å². The van der Waals surface area contributed by atoms with Crippen LogP contribution in [0, 0.1) is 5.92 Å². The maximum Gasteiger partial charge on any atom is 0.228 e. The van der Waals surface area contributed by atoms with Gasteiger partial charge >= 0.3 is 0 Å². The number of hydrogen-bond acceptors (Lipinski definition) is 3. The van der Waals surface area contributed by atoms with Gasteiger partial charge in [-0.05, 0) is 18.1 Å². The average Bonchev–Trinajstić information content (AvgIpc) is 2.83. The predicted octanol–water partition coefficient (Wildman–Crippen LogP) is 1.25. The first-order valence-corrected chi connectivity index (χ1v) is 5.83. The molecule has 1 aromatic rings. The van der Waals surface area contributed by atoms with E-state index in [0.717, 1.165) is 30.2 Å². The summed E-state index contributed by atoms with van der Waals surface area (Å²) in [6.07, 6.45) is 1.50. The molecule has 4 nitrogen and oxygen atoms in total. The molecule has 5 heteroatoms. The average molecular weight is 225 g/mol. The van der Waals surface area contributed by atoms with Crippen LogP contribution in [0.3, 0.4) is 0 Å². The summed E-state index contributed by atoms with van der Waals surface area (Å²) in [5.41, 5.74) is 1.06. The Hall–Kier alpha value is -0.970. The van der Waals surface area contributed by atoms with Crippen LogP contribution in [-0.2, 0) is 11.2 Å². The molecule has 2 rings (SSSR count). The molecule has 0 aliphatic carbocycles. The number of H-pyrrole nitrogens is 1. The van der Waals surface area contributed by atoms with Gasteiger partial charge in [0.15, 0.2) is 5.82 Å². The highest BCUT2D eigenvalue weighted by Gasteiger charge is 2.30. The van der Waals surface area contributed by atoms with Crippen molar-refractivity contribution in [1.29, 1.82) is 0 Å². The van der Waals surface area contributed by atoms with Crippen molar-refractivity contribution in [2.75, 3.05) is 17.2 Å². The van der Waals surface area contributed by atoms with E-state index in [4.69, 9.17) is 0 Å². The Morgan fingerprint density at radius 1 is 1.73 bits per heavy atom. The SMILES string of the molecule is CCc1cc(N2CC(CS)CC2=O)n[nH]1. The lowest BCUT2D eigenvalue weighted by Crippen LogP contribution is -2.24. The summed E-state index contributed by atoms with van der Waals surface area (Å²) in [5, 5.41) is 7.07. The summed E-state index contributed by atoms with van der Waals surface area (Å²) in [6.45, 7) is 2.80. The van der Waals surface area contributed by atoms with Crippen LogP contribution in [0.4, 0.5) is 5.82 Å². The van der Waals surface area contributed by atoms with Gasteiger partial charge in [-0.3, -0.25) is 14.8 Å². The molecule has 0 aromatic carbocycles. The normalized spacial score (nSPS) is 21.3. The minimum absolute atomic E-state index is 0.156. The van der Waals surface area contributed by atoms with Gasteiger partial charge in [0.1, 0.15) is 0 Å². The summed E-state index contributed by atoms with van der Waals surface area (Å²) in [7, 11) is 0. The molecule has 15 heavy (non-hydrogen) atoms. The molecule has 1 unspecified atom stereocenters. The highest BCUT2D eigenvalue weighted by molar-refractivity contribution is 7.80. The number of amides is 1. The van der Waals surface area contributed by atoms with Gasteiger partial charge in [0.05, 0.1) is 0 Å². The highest BCUT2D eigenvalue weighted by atomic mass is 32.1. The molecular weight excluding hydrogens is 210 g/mol. The second-order valence-electron chi connectivity index (χ2n) is 3.86. The topological polar surface area (TPSA) is 49.0 Å². The van der Waals surface area contributed by atoms with E-state index in [1.165, 1.54) is 0 Å². The number of hydrogen-bond donors (Lipinski definition) is 2. The summed E-state index contributed by atoms with van der Waals surface area (Å²) < 4.78 is 0. The number of aromatic amines is 1. The first kappa shape index (κ1) is 10.5. The molecule has 1 aromatic heterocycles. The second kappa shape index (κ2) is 4.26. The van der Waals surface area contributed by atoms with E-state index in [0.29, 0.717) is 12.3 Å². The molecule has 82 valence electrons. The van der Waals surface area contributed by atoms with Crippen molar-refractivity contribution < 1.29 is 4.79 Å². The summed E-state index contributed by atoms with van der Waals surface area (Å²) in [4.78, 5) is 13.4. The van der Waals surface area contributed by atoms with Gasteiger partial charge in [-0.15, -0.1) is 0 Å². The van der Waals surface area contributed by atoms with E-state index in [-0.39, 0.29) is 5.91 Å². The third-order valence-electron chi connectivity index (χ3n) is 2.74. The van der Waals surface area contributed by atoms with Crippen LogP contribution in [0.5, 0.6) is 0 Å². The van der Waals surface area contributed by atoms with E-state index in [1.807, 2.05) is 6.07 Å². The zero-order chi connectivity index (χ0) is 10.8. The van der Waals surface area contributed by atoms with Crippen LogP contribution >= 0.6 is 12.6 Å². The van der Waals surface area contributed by atoms with Crippen molar-refractivity contribution in [3.63, 3.8) is 0 Å².